The van der Waals surface area contributed by atoms with Crippen molar-refractivity contribution in [2.24, 2.45) is 12.5 Å². The molecule has 5 heteroatoms. The van der Waals surface area contributed by atoms with Crippen LogP contribution in [-0.2, 0) is 18.3 Å². The molecule has 0 saturated carbocycles. The highest BCUT2D eigenvalue weighted by molar-refractivity contribution is 6.30. The minimum absolute atomic E-state index is 0.122. The Morgan fingerprint density at radius 2 is 2.06 bits per heavy atom. The van der Waals surface area contributed by atoms with Crippen LogP contribution in [0.15, 0.2) is 0 Å². The molecule has 0 radical (unpaired) electrons. The molecule has 0 spiro atoms. The molecule has 0 bridgehead atoms. The second-order valence-corrected chi connectivity index (χ2v) is 5.75. The zero-order valence-electron chi connectivity index (χ0n) is 10.9. The van der Waals surface area contributed by atoms with Gasteiger partial charge in [-0.25, -0.2) is 0 Å². The number of aryl methyl sites for hydroxylation is 2. The molecule has 1 heterocycles. The molecule has 1 aromatic rings. The van der Waals surface area contributed by atoms with Crippen LogP contribution in [0.2, 0.25) is 5.15 Å². The van der Waals surface area contributed by atoms with E-state index >= 15 is 0 Å². The van der Waals surface area contributed by atoms with Crippen LogP contribution < -0.4 is 0 Å². The number of rotatable bonds is 3. The van der Waals surface area contributed by atoms with Crippen molar-refractivity contribution in [2.45, 2.75) is 40.2 Å². The van der Waals surface area contributed by atoms with Gasteiger partial charge in [0.1, 0.15) is 11.3 Å². The standard InChI is InChI=1S/C12H19ClN2O2/c1-7-8(11(13)15(5)14-7)6-9(16)10(17)12(2,3)4/h10,17H,6H2,1-5H3. The van der Waals surface area contributed by atoms with E-state index in [1.165, 1.54) is 4.68 Å². The van der Waals surface area contributed by atoms with Crippen LogP contribution in [0.4, 0.5) is 0 Å². The summed E-state index contributed by atoms with van der Waals surface area (Å²) in [6.07, 6.45) is -0.866. The number of carbonyl (C=O) groups excluding carboxylic acids is 1. The number of aliphatic hydroxyl groups is 1. The predicted octanol–water partition coefficient (Wildman–Crippen LogP) is 1.90. The van der Waals surface area contributed by atoms with Crippen LogP contribution >= 0.6 is 11.6 Å². The molecule has 0 aliphatic heterocycles. The minimum atomic E-state index is -0.988. The first-order valence-corrected chi connectivity index (χ1v) is 5.91. The molecule has 4 nitrogen and oxygen atoms in total. The van der Waals surface area contributed by atoms with E-state index in [2.05, 4.69) is 5.10 Å². The van der Waals surface area contributed by atoms with Gasteiger partial charge in [-0.15, -0.1) is 0 Å². The number of aliphatic hydroxyl groups excluding tert-OH is 1. The van der Waals surface area contributed by atoms with Gasteiger partial charge < -0.3 is 5.11 Å². The first-order chi connectivity index (χ1) is 7.64. The summed E-state index contributed by atoms with van der Waals surface area (Å²) in [7, 11) is 1.73. The summed E-state index contributed by atoms with van der Waals surface area (Å²) < 4.78 is 1.53. The zero-order chi connectivity index (χ0) is 13.4. The fourth-order valence-electron chi connectivity index (χ4n) is 1.63. The second kappa shape index (κ2) is 4.78. The lowest BCUT2D eigenvalue weighted by Crippen LogP contribution is -2.35. The lowest BCUT2D eigenvalue weighted by molar-refractivity contribution is -0.131. The lowest BCUT2D eigenvalue weighted by atomic mass is 9.85. The molecule has 1 atom stereocenters. The molecule has 0 aromatic carbocycles. The first-order valence-electron chi connectivity index (χ1n) is 5.53. The third-order valence-corrected chi connectivity index (χ3v) is 3.22. The van der Waals surface area contributed by atoms with Gasteiger partial charge in [-0.1, -0.05) is 32.4 Å². The molecule has 0 aliphatic carbocycles. The zero-order valence-corrected chi connectivity index (χ0v) is 11.7. The fourth-order valence-corrected chi connectivity index (χ4v) is 1.87. The maximum Gasteiger partial charge on any atom is 0.166 e. The molecular weight excluding hydrogens is 240 g/mol. The maximum absolute atomic E-state index is 11.9. The van der Waals surface area contributed by atoms with Crippen molar-refractivity contribution < 1.29 is 9.90 Å². The van der Waals surface area contributed by atoms with Gasteiger partial charge in [0.2, 0.25) is 0 Å². The normalized spacial score (nSPS) is 13.8. The van der Waals surface area contributed by atoms with Crippen molar-refractivity contribution in [1.82, 2.24) is 9.78 Å². The Labute approximate surface area is 107 Å². The number of Topliss-reactive ketones (excluding diaryl/α,β-unsaturated/α-hetero) is 1. The second-order valence-electron chi connectivity index (χ2n) is 5.39. The molecule has 1 unspecified atom stereocenters. The summed E-state index contributed by atoms with van der Waals surface area (Å²) in [5.74, 6) is -0.226. The van der Waals surface area contributed by atoms with Gasteiger partial charge >= 0.3 is 0 Å². The SMILES string of the molecule is Cc1nn(C)c(Cl)c1CC(=O)C(O)C(C)(C)C. The van der Waals surface area contributed by atoms with Crippen molar-refractivity contribution in [1.29, 1.82) is 0 Å². The van der Waals surface area contributed by atoms with Gasteiger partial charge in [-0.05, 0) is 12.3 Å². The molecule has 0 aliphatic rings. The van der Waals surface area contributed by atoms with E-state index < -0.39 is 11.5 Å². The number of carbonyl (C=O) groups is 1. The van der Waals surface area contributed by atoms with E-state index in [1.807, 2.05) is 20.8 Å². The lowest BCUT2D eigenvalue weighted by Gasteiger charge is -2.24. The largest absolute Gasteiger partial charge is 0.385 e. The Kier molecular flexibility index (Phi) is 3.99. The molecule has 1 rings (SSSR count). The number of ketones is 1. The average Bonchev–Trinajstić information content (AvgIpc) is 2.42. The Hall–Kier alpha value is -0.870. The van der Waals surface area contributed by atoms with Crippen LogP contribution in [0, 0.1) is 12.3 Å². The highest BCUT2D eigenvalue weighted by Gasteiger charge is 2.30. The average molecular weight is 259 g/mol. The number of halogens is 1. The van der Waals surface area contributed by atoms with Gasteiger partial charge in [0.05, 0.1) is 5.69 Å². The molecule has 17 heavy (non-hydrogen) atoms. The Bertz CT molecular complexity index is 432. The van der Waals surface area contributed by atoms with Crippen LogP contribution in [0.3, 0.4) is 0 Å². The number of hydrogen-bond donors (Lipinski definition) is 1. The third-order valence-electron chi connectivity index (χ3n) is 2.75. The highest BCUT2D eigenvalue weighted by atomic mass is 35.5. The molecule has 0 amide bonds. The van der Waals surface area contributed by atoms with Crippen molar-refractivity contribution in [2.75, 3.05) is 0 Å². The van der Waals surface area contributed by atoms with Gasteiger partial charge in [-0.2, -0.15) is 5.10 Å². The maximum atomic E-state index is 11.9. The molecule has 1 N–H and O–H groups in total. The van der Waals surface area contributed by atoms with E-state index in [1.54, 1.807) is 14.0 Å². The smallest absolute Gasteiger partial charge is 0.166 e. The monoisotopic (exact) mass is 258 g/mol. The highest BCUT2D eigenvalue weighted by Crippen LogP contribution is 2.24. The predicted molar refractivity (Wildman–Crippen MR) is 67.1 cm³/mol. The quantitative estimate of drug-likeness (QED) is 0.901. The van der Waals surface area contributed by atoms with E-state index in [9.17, 15) is 9.90 Å². The fraction of sp³-hybridized carbons (Fsp3) is 0.667. The summed E-state index contributed by atoms with van der Waals surface area (Å²) in [5, 5.41) is 14.5. The van der Waals surface area contributed by atoms with Crippen LogP contribution in [0.1, 0.15) is 32.0 Å². The van der Waals surface area contributed by atoms with Crippen molar-refractivity contribution in [3.8, 4) is 0 Å². The van der Waals surface area contributed by atoms with Gasteiger partial charge in [0.25, 0.3) is 0 Å². The van der Waals surface area contributed by atoms with Crippen molar-refractivity contribution >= 4 is 17.4 Å². The van der Waals surface area contributed by atoms with E-state index in [4.69, 9.17) is 11.6 Å². The van der Waals surface area contributed by atoms with E-state index in [-0.39, 0.29) is 12.2 Å². The Morgan fingerprint density at radius 1 is 1.53 bits per heavy atom. The topological polar surface area (TPSA) is 55.1 Å². The third kappa shape index (κ3) is 3.07. The minimum Gasteiger partial charge on any atom is -0.385 e. The molecule has 1 aromatic heterocycles. The summed E-state index contributed by atoms with van der Waals surface area (Å²) in [4.78, 5) is 11.9. The van der Waals surface area contributed by atoms with Crippen molar-refractivity contribution in [3.05, 3.63) is 16.4 Å². The summed E-state index contributed by atoms with van der Waals surface area (Å²) in [6.45, 7) is 7.28. The Balaban J connectivity index is 2.89. The van der Waals surface area contributed by atoms with E-state index in [0.717, 1.165) is 5.69 Å². The summed E-state index contributed by atoms with van der Waals surface area (Å²) in [5.41, 5.74) is 0.967. The number of nitrogens with zero attached hydrogens (tertiary/aromatic N) is 2. The molecular formula is C12H19ClN2O2. The Morgan fingerprint density at radius 3 is 2.41 bits per heavy atom. The van der Waals surface area contributed by atoms with Gasteiger partial charge in [0.15, 0.2) is 5.78 Å². The summed E-state index contributed by atoms with van der Waals surface area (Å²) >= 11 is 6.04. The van der Waals surface area contributed by atoms with Crippen LogP contribution in [0.5, 0.6) is 0 Å². The first kappa shape index (κ1) is 14.2. The molecule has 0 saturated heterocycles. The van der Waals surface area contributed by atoms with Gasteiger partial charge in [-0.3, -0.25) is 9.48 Å². The molecule has 0 fully saturated rings. The van der Waals surface area contributed by atoms with Crippen molar-refractivity contribution in [3.63, 3.8) is 0 Å². The molecule has 96 valence electrons. The van der Waals surface area contributed by atoms with E-state index in [0.29, 0.717) is 10.7 Å². The van der Waals surface area contributed by atoms with Gasteiger partial charge in [0, 0.05) is 19.0 Å². The summed E-state index contributed by atoms with van der Waals surface area (Å²) in [6, 6.07) is 0. The van der Waals surface area contributed by atoms with Crippen LogP contribution in [0.25, 0.3) is 0 Å². The number of hydrogen-bond acceptors (Lipinski definition) is 3. The number of aromatic nitrogens is 2. The van der Waals surface area contributed by atoms with Crippen LogP contribution in [-0.4, -0.2) is 26.8 Å².